The molecule has 0 rings (SSSR count). The van der Waals surface area contributed by atoms with Crippen molar-refractivity contribution < 1.29 is 4.74 Å². The SMILES string of the molecule is CCCC(CNC(C)C)C(C)COC. The van der Waals surface area contributed by atoms with E-state index in [2.05, 4.69) is 33.0 Å². The van der Waals surface area contributed by atoms with Gasteiger partial charge in [0.25, 0.3) is 0 Å². The van der Waals surface area contributed by atoms with Gasteiger partial charge in [0.2, 0.25) is 0 Å². The summed E-state index contributed by atoms with van der Waals surface area (Å²) in [5.74, 6) is 1.41. The van der Waals surface area contributed by atoms with Gasteiger partial charge in [-0.05, 0) is 24.8 Å². The highest BCUT2D eigenvalue weighted by atomic mass is 16.5. The van der Waals surface area contributed by atoms with E-state index < -0.39 is 0 Å². The Kier molecular flexibility index (Phi) is 8.20. The van der Waals surface area contributed by atoms with Crippen LogP contribution in [0.5, 0.6) is 0 Å². The average molecular weight is 201 g/mol. The third-order valence-electron chi connectivity index (χ3n) is 2.68. The van der Waals surface area contributed by atoms with E-state index in [9.17, 15) is 0 Å². The zero-order chi connectivity index (χ0) is 11.0. The quantitative estimate of drug-likeness (QED) is 0.652. The first-order chi connectivity index (χ1) is 6.61. The molecule has 0 aliphatic carbocycles. The molecule has 86 valence electrons. The molecule has 0 heterocycles. The molecule has 0 aliphatic rings. The fourth-order valence-corrected chi connectivity index (χ4v) is 1.74. The molecule has 0 aliphatic heterocycles. The standard InChI is InChI=1S/C12H27NO/c1-6-7-12(8-13-10(2)3)11(4)9-14-5/h10-13H,6-9H2,1-5H3. The first kappa shape index (κ1) is 13.9. The summed E-state index contributed by atoms with van der Waals surface area (Å²) in [6.45, 7) is 10.9. The van der Waals surface area contributed by atoms with Crippen molar-refractivity contribution in [3.05, 3.63) is 0 Å². The van der Waals surface area contributed by atoms with E-state index in [1.165, 1.54) is 12.8 Å². The van der Waals surface area contributed by atoms with Crippen LogP contribution in [0.2, 0.25) is 0 Å². The van der Waals surface area contributed by atoms with Crippen LogP contribution in [-0.2, 0) is 4.74 Å². The Hall–Kier alpha value is -0.0800. The number of hydrogen-bond donors (Lipinski definition) is 1. The molecule has 0 aromatic heterocycles. The summed E-state index contributed by atoms with van der Waals surface area (Å²) in [5.41, 5.74) is 0. The summed E-state index contributed by atoms with van der Waals surface area (Å²) in [6.07, 6.45) is 2.56. The Balaban J connectivity index is 3.86. The third kappa shape index (κ3) is 6.39. The van der Waals surface area contributed by atoms with Crippen molar-refractivity contribution in [2.24, 2.45) is 11.8 Å². The number of rotatable bonds is 8. The van der Waals surface area contributed by atoms with Gasteiger partial charge in [0.05, 0.1) is 0 Å². The van der Waals surface area contributed by atoms with Gasteiger partial charge in [-0.15, -0.1) is 0 Å². The zero-order valence-electron chi connectivity index (χ0n) is 10.5. The van der Waals surface area contributed by atoms with Crippen LogP contribution in [-0.4, -0.2) is 26.3 Å². The van der Waals surface area contributed by atoms with Crippen LogP contribution in [0, 0.1) is 11.8 Å². The minimum absolute atomic E-state index is 0.587. The second kappa shape index (κ2) is 8.25. The Labute approximate surface area is 89.4 Å². The number of ether oxygens (including phenoxy) is 1. The van der Waals surface area contributed by atoms with Crippen LogP contribution in [0.3, 0.4) is 0 Å². The van der Waals surface area contributed by atoms with Crippen LogP contribution >= 0.6 is 0 Å². The predicted molar refractivity (Wildman–Crippen MR) is 62.6 cm³/mol. The van der Waals surface area contributed by atoms with E-state index in [-0.39, 0.29) is 0 Å². The summed E-state index contributed by atoms with van der Waals surface area (Å²) >= 11 is 0. The second-order valence-electron chi connectivity index (χ2n) is 4.54. The summed E-state index contributed by atoms with van der Waals surface area (Å²) < 4.78 is 5.21. The molecule has 2 unspecified atom stereocenters. The van der Waals surface area contributed by atoms with Gasteiger partial charge in [0.1, 0.15) is 0 Å². The predicted octanol–water partition coefficient (Wildman–Crippen LogP) is 2.68. The smallest absolute Gasteiger partial charge is 0.0490 e. The molecule has 0 fully saturated rings. The van der Waals surface area contributed by atoms with Crippen molar-refractivity contribution in [3.8, 4) is 0 Å². The van der Waals surface area contributed by atoms with E-state index in [0.29, 0.717) is 12.0 Å². The average Bonchev–Trinajstić information content (AvgIpc) is 2.12. The van der Waals surface area contributed by atoms with Gasteiger partial charge in [-0.1, -0.05) is 34.1 Å². The van der Waals surface area contributed by atoms with Crippen LogP contribution in [0.1, 0.15) is 40.5 Å². The Morgan fingerprint density at radius 3 is 2.29 bits per heavy atom. The molecule has 14 heavy (non-hydrogen) atoms. The van der Waals surface area contributed by atoms with Crippen molar-refractivity contribution in [3.63, 3.8) is 0 Å². The molecule has 2 heteroatoms. The number of hydrogen-bond acceptors (Lipinski definition) is 2. The fraction of sp³-hybridized carbons (Fsp3) is 1.00. The molecule has 0 radical (unpaired) electrons. The molecule has 2 nitrogen and oxygen atoms in total. The fourth-order valence-electron chi connectivity index (χ4n) is 1.74. The van der Waals surface area contributed by atoms with Crippen molar-refractivity contribution in [1.82, 2.24) is 5.32 Å². The summed E-state index contributed by atoms with van der Waals surface area (Å²) in [7, 11) is 1.79. The lowest BCUT2D eigenvalue weighted by Crippen LogP contribution is -2.33. The minimum Gasteiger partial charge on any atom is -0.384 e. The van der Waals surface area contributed by atoms with Crippen LogP contribution in [0.25, 0.3) is 0 Å². The van der Waals surface area contributed by atoms with E-state index in [4.69, 9.17) is 4.74 Å². The van der Waals surface area contributed by atoms with Crippen molar-refractivity contribution >= 4 is 0 Å². The van der Waals surface area contributed by atoms with E-state index in [1.54, 1.807) is 7.11 Å². The minimum atomic E-state index is 0.587. The maximum atomic E-state index is 5.21. The van der Waals surface area contributed by atoms with E-state index in [1.807, 2.05) is 0 Å². The Morgan fingerprint density at radius 2 is 1.86 bits per heavy atom. The molecular formula is C12H27NO. The van der Waals surface area contributed by atoms with Gasteiger partial charge < -0.3 is 10.1 Å². The van der Waals surface area contributed by atoms with Gasteiger partial charge >= 0.3 is 0 Å². The molecule has 0 aromatic carbocycles. The lowest BCUT2D eigenvalue weighted by molar-refractivity contribution is 0.124. The highest BCUT2D eigenvalue weighted by Crippen LogP contribution is 2.17. The third-order valence-corrected chi connectivity index (χ3v) is 2.68. The van der Waals surface area contributed by atoms with Crippen molar-refractivity contribution in [2.75, 3.05) is 20.3 Å². The Bertz CT molecular complexity index is 125. The molecule has 0 amide bonds. The normalized spacial score (nSPS) is 15.9. The largest absolute Gasteiger partial charge is 0.384 e. The molecule has 0 saturated heterocycles. The first-order valence-corrected chi connectivity index (χ1v) is 5.84. The van der Waals surface area contributed by atoms with Crippen molar-refractivity contribution in [1.29, 1.82) is 0 Å². The topological polar surface area (TPSA) is 21.3 Å². The summed E-state index contributed by atoms with van der Waals surface area (Å²) in [5, 5.41) is 3.51. The molecule has 0 saturated carbocycles. The first-order valence-electron chi connectivity index (χ1n) is 5.84. The lowest BCUT2D eigenvalue weighted by atomic mass is 9.90. The second-order valence-corrected chi connectivity index (χ2v) is 4.54. The number of methoxy groups -OCH3 is 1. The molecule has 0 aromatic rings. The molecule has 0 bridgehead atoms. The molecule has 2 atom stereocenters. The molecule has 0 spiro atoms. The van der Waals surface area contributed by atoms with Gasteiger partial charge in [-0.25, -0.2) is 0 Å². The van der Waals surface area contributed by atoms with Gasteiger partial charge in [0.15, 0.2) is 0 Å². The maximum Gasteiger partial charge on any atom is 0.0490 e. The monoisotopic (exact) mass is 201 g/mol. The maximum absolute atomic E-state index is 5.21. The Morgan fingerprint density at radius 1 is 1.21 bits per heavy atom. The van der Waals surface area contributed by atoms with E-state index >= 15 is 0 Å². The molecular weight excluding hydrogens is 174 g/mol. The number of nitrogens with one attached hydrogen (secondary N) is 1. The van der Waals surface area contributed by atoms with Gasteiger partial charge in [-0.3, -0.25) is 0 Å². The van der Waals surface area contributed by atoms with Crippen LogP contribution in [0.4, 0.5) is 0 Å². The summed E-state index contributed by atoms with van der Waals surface area (Å²) in [4.78, 5) is 0. The van der Waals surface area contributed by atoms with E-state index in [0.717, 1.165) is 19.1 Å². The van der Waals surface area contributed by atoms with Crippen LogP contribution in [0.15, 0.2) is 0 Å². The lowest BCUT2D eigenvalue weighted by Gasteiger charge is -2.24. The van der Waals surface area contributed by atoms with Gasteiger partial charge in [-0.2, -0.15) is 0 Å². The summed E-state index contributed by atoms with van der Waals surface area (Å²) in [6, 6.07) is 0.587. The highest BCUT2D eigenvalue weighted by molar-refractivity contribution is 4.69. The van der Waals surface area contributed by atoms with Crippen molar-refractivity contribution in [2.45, 2.75) is 46.6 Å². The highest BCUT2D eigenvalue weighted by Gasteiger charge is 2.16. The van der Waals surface area contributed by atoms with Crippen LogP contribution < -0.4 is 5.32 Å². The zero-order valence-corrected chi connectivity index (χ0v) is 10.5. The van der Waals surface area contributed by atoms with Gasteiger partial charge in [0, 0.05) is 19.8 Å². The molecule has 1 N–H and O–H groups in total.